The number of terminal acetylenes is 1. The summed E-state index contributed by atoms with van der Waals surface area (Å²) in [5.74, 6) is 3.18. The molecule has 8 heteroatoms. The largest absolute Gasteiger partial charge is 0.491 e. The highest BCUT2D eigenvalue weighted by Gasteiger charge is 2.32. The van der Waals surface area contributed by atoms with Crippen molar-refractivity contribution in [2.24, 2.45) is 5.92 Å². The van der Waals surface area contributed by atoms with Crippen molar-refractivity contribution >= 4 is 22.5 Å². The maximum absolute atomic E-state index is 13.0. The number of hydrogen-bond acceptors (Lipinski definition) is 5. The van der Waals surface area contributed by atoms with Gasteiger partial charge in [0.25, 0.3) is 0 Å². The van der Waals surface area contributed by atoms with Gasteiger partial charge in [-0.15, -0.1) is 6.42 Å². The van der Waals surface area contributed by atoms with E-state index in [2.05, 4.69) is 11.2 Å². The summed E-state index contributed by atoms with van der Waals surface area (Å²) in [6, 6.07) is 8.86. The number of hydrogen-bond donors (Lipinski definition) is 3. The predicted octanol–water partition coefficient (Wildman–Crippen LogP) is 3.39. The maximum atomic E-state index is 13.0. The minimum atomic E-state index is -1.02. The lowest BCUT2D eigenvalue weighted by atomic mass is 9.83. The van der Waals surface area contributed by atoms with Crippen LogP contribution in [-0.4, -0.2) is 38.2 Å². The molecule has 0 saturated heterocycles. The van der Waals surface area contributed by atoms with Crippen molar-refractivity contribution in [3.8, 4) is 18.1 Å². The molecule has 5 rings (SSSR count). The molecule has 2 fully saturated rings. The Morgan fingerprint density at radius 3 is 2.79 bits per heavy atom. The number of benzene rings is 1. The van der Waals surface area contributed by atoms with E-state index in [0.717, 1.165) is 41.3 Å². The molecule has 0 atom stereocenters. The summed E-state index contributed by atoms with van der Waals surface area (Å²) in [7, 11) is 0. The molecule has 0 aliphatic heterocycles. The smallest absolute Gasteiger partial charge is 0.325 e. The van der Waals surface area contributed by atoms with E-state index in [1.165, 1.54) is 0 Å². The van der Waals surface area contributed by atoms with Crippen LogP contribution in [0.25, 0.3) is 10.9 Å². The minimum absolute atomic E-state index is 0.132. The van der Waals surface area contributed by atoms with E-state index in [1.807, 2.05) is 23.0 Å². The fourth-order valence-corrected chi connectivity index (χ4v) is 4.42. The van der Waals surface area contributed by atoms with Crippen molar-refractivity contribution in [1.82, 2.24) is 9.78 Å². The maximum Gasteiger partial charge on any atom is 0.325 e. The Bertz CT molecular complexity index is 1280. The van der Waals surface area contributed by atoms with Crippen molar-refractivity contribution in [3.63, 3.8) is 0 Å². The molecule has 0 spiro atoms. The third kappa shape index (κ3) is 4.44. The zero-order valence-corrected chi connectivity index (χ0v) is 19.2. The molecule has 1 aromatic carbocycles. The molecule has 34 heavy (non-hydrogen) atoms. The van der Waals surface area contributed by atoms with Gasteiger partial charge in [0, 0.05) is 41.4 Å². The number of ether oxygens (including phenoxy) is 1. The molecule has 3 N–H and O–H groups in total. The van der Waals surface area contributed by atoms with Crippen LogP contribution in [-0.2, 0) is 0 Å². The summed E-state index contributed by atoms with van der Waals surface area (Å²) in [4.78, 5) is 13.0. The van der Waals surface area contributed by atoms with Crippen LogP contribution in [0, 0.1) is 25.2 Å². The molecular formula is C26H29N4O4+. The van der Waals surface area contributed by atoms with Crippen LogP contribution in [0.15, 0.2) is 36.5 Å². The van der Waals surface area contributed by atoms with Crippen molar-refractivity contribution in [2.75, 3.05) is 11.9 Å². The molecule has 2 aliphatic carbocycles. The predicted molar refractivity (Wildman–Crippen MR) is 126 cm³/mol. The second-order valence-corrected chi connectivity index (χ2v) is 9.50. The number of carbonyl (C=O) groups is 1. The number of aromatic nitrogens is 3. The summed E-state index contributed by atoms with van der Waals surface area (Å²) in [6.45, 7) is 2.31. The Labute approximate surface area is 198 Å². The van der Waals surface area contributed by atoms with Crippen LogP contribution < -0.4 is 14.8 Å². The van der Waals surface area contributed by atoms with Crippen LogP contribution in [0.2, 0.25) is 0 Å². The number of carbonyl (C=O) groups excluding carboxylic acids is 1. The van der Waals surface area contributed by atoms with Gasteiger partial charge in [0.2, 0.25) is 5.69 Å². The van der Waals surface area contributed by atoms with Gasteiger partial charge >= 0.3 is 11.6 Å². The van der Waals surface area contributed by atoms with E-state index in [9.17, 15) is 15.1 Å². The average molecular weight is 462 g/mol. The number of aryl methyl sites for hydroxylation is 1. The minimum Gasteiger partial charge on any atom is -0.491 e. The lowest BCUT2D eigenvalue weighted by Crippen LogP contribution is -2.42. The first-order chi connectivity index (χ1) is 16.3. The number of amides is 1. The average Bonchev–Trinajstić information content (AvgIpc) is 3.57. The van der Waals surface area contributed by atoms with Gasteiger partial charge in [-0.1, -0.05) is 5.92 Å². The van der Waals surface area contributed by atoms with Crippen molar-refractivity contribution in [3.05, 3.63) is 47.9 Å². The Balaban J connectivity index is 1.43. The van der Waals surface area contributed by atoms with Gasteiger partial charge in [-0.25, -0.2) is 0 Å². The van der Waals surface area contributed by atoms with Crippen molar-refractivity contribution < 1.29 is 24.6 Å². The van der Waals surface area contributed by atoms with Gasteiger partial charge in [-0.2, -0.15) is 5.10 Å². The number of fused-ring (bicyclic) bond motifs is 1. The van der Waals surface area contributed by atoms with Gasteiger partial charge in [0.15, 0.2) is 0 Å². The zero-order valence-electron chi connectivity index (χ0n) is 19.2. The number of anilines is 1. The van der Waals surface area contributed by atoms with Crippen LogP contribution >= 0.6 is 0 Å². The highest BCUT2D eigenvalue weighted by Crippen LogP contribution is 2.37. The monoisotopic (exact) mass is 461 g/mol. The van der Waals surface area contributed by atoms with Crippen molar-refractivity contribution in [1.29, 1.82) is 0 Å². The summed E-state index contributed by atoms with van der Waals surface area (Å²) >= 11 is 0. The Morgan fingerprint density at radius 1 is 1.32 bits per heavy atom. The van der Waals surface area contributed by atoms with E-state index < -0.39 is 11.5 Å². The summed E-state index contributed by atoms with van der Waals surface area (Å²) in [6.07, 6.45) is 12.3. The lowest BCUT2D eigenvalue weighted by Gasteiger charge is -2.32. The fraction of sp³-hybridized carbons (Fsp3) is 0.423. The van der Waals surface area contributed by atoms with Gasteiger partial charge < -0.3 is 15.2 Å². The van der Waals surface area contributed by atoms with Crippen LogP contribution in [0.1, 0.15) is 60.7 Å². The number of nitrogens with zero attached hydrogens (tertiary/aromatic N) is 3. The molecule has 3 aromatic rings. The van der Waals surface area contributed by atoms with Gasteiger partial charge in [0.1, 0.15) is 11.4 Å². The second-order valence-electron chi connectivity index (χ2n) is 9.50. The van der Waals surface area contributed by atoms with E-state index >= 15 is 0 Å². The van der Waals surface area contributed by atoms with E-state index in [4.69, 9.17) is 16.3 Å². The molecule has 0 bridgehead atoms. The number of aliphatic hydroxyl groups is 1. The first-order valence-electron chi connectivity index (χ1n) is 11.7. The standard InChI is InChI=1S/C26H28N4O4/c1-3-26(32)11-9-20(10-12-26)29-15-19-13-22(24(14-21(19)28-29)34-16-18-7-8-18)27-25(31)23-6-4-5-17(2)30(23)33/h1,4-6,13-15,18,20,32H,7-12,16H2,2H3,(H-,27,31,33)/p+1/t20-,26-. The first-order valence-corrected chi connectivity index (χ1v) is 11.7. The number of pyridine rings is 1. The Hall–Kier alpha value is -3.57. The lowest BCUT2D eigenvalue weighted by molar-refractivity contribution is -0.909. The molecule has 0 unspecified atom stereocenters. The molecular weight excluding hydrogens is 432 g/mol. The quantitative estimate of drug-likeness (QED) is 0.297. The molecule has 1 amide bonds. The van der Waals surface area contributed by atoms with Crippen LogP contribution in [0.4, 0.5) is 5.69 Å². The normalized spacial score (nSPS) is 22.3. The second kappa shape index (κ2) is 8.65. The highest BCUT2D eigenvalue weighted by atomic mass is 16.5. The molecule has 2 aliphatic rings. The third-order valence-electron chi connectivity index (χ3n) is 6.85. The third-order valence-corrected chi connectivity index (χ3v) is 6.85. The highest BCUT2D eigenvalue weighted by molar-refractivity contribution is 6.04. The summed E-state index contributed by atoms with van der Waals surface area (Å²) in [5, 5.41) is 29.1. The summed E-state index contributed by atoms with van der Waals surface area (Å²) in [5.41, 5.74) is 0.967. The van der Waals surface area contributed by atoms with Crippen LogP contribution in [0.5, 0.6) is 5.75 Å². The molecule has 176 valence electrons. The van der Waals surface area contributed by atoms with E-state index in [1.54, 1.807) is 25.1 Å². The molecule has 2 heterocycles. The Morgan fingerprint density at radius 2 is 2.09 bits per heavy atom. The van der Waals surface area contributed by atoms with Crippen molar-refractivity contribution in [2.45, 2.75) is 57.1 Å². The van der Waals surface area contributed by atoms with Gasteiger partial charge in [-0.05, 0) is 56.6 Å². The van der Waals surface area contributed by atoms with E-state index in [0.29, 0.717) is 42.5 Å². The van der Waals surface area contributed by atoms with E-state index in [-0.39, 0.29) is 11.7 Å². The molecule has 2 aromatic heterocycles. The number of nitrogens with one attached hydrogen (secondary N) is 1. The molecule has 0 radical (unpaired) electrons. The SMILES string of the molecule is C#C[C@]1(O)CC[C@H](n2cc3cc(NC(=O)c4cccc(C)[n+]4O)c(OCC4CC4)cc3n2)CC1. The summed E-state index contributed by atoms with van der Waals surface area (Å²) < 4.78 is 8.87. The van der Waals surface area contributed by atoms with Crippen LogP contribution in [0.3, 0.4) is 0 Å². The zero-order chi connectivity index (χ0) is 23.9. The fourth-order valence-electron chi connectivity index (χ4n) is 4.42. The number of rotatable bonds is 6. The molecule has 2 saturated carbocycles. The Kier molecular flexibility index (Phi) is 5.66. The molecule has 8 nitrogen and oxygen atoms in total. The topological polar surface area (TPSA) is 100 Å². The van der Waals surface area contributed by atoms with Gasteiger partial charge in [0.05, 0.1) is 23.9 Å². The first kappa shape index (κ1) is 22.2. The van der Waals surface area contributed by atoms with Gasteiger partial charge in [-0.3, -0.25) is 14.7 Å².